The molecule has 45 heavy (non-hydrogen) atoms. The summed E-state index contributed by atoms with van der Waals surface area (Å²) in [7, 11) is 1.92. The lowest BCUT2D eigenvalue weighted by molar-refractivity contribution is -0.138. The van der Waals surface area contributed by atoms with Crippen molar-refractivity contribution in [1.29, 1.82) is 0 Å². The molecule has 0 radical (unpaired) electrons. The number of aromatic nitrogens is 3. The first kappa shape index (κ1) is 30.9. The highest BCUT2D eigenvalue weighted by atomic mass is 19.4. The number of fused-ring (bicyclic) bond motifs is 2. The van der Waals surface area contributed by atoms with Gasteiger partial charge in [0.25, 0.3) is 5.91 Å². The standard InChI is InChI=1S/C30H32F5N7O3/c1-15-11-41(12-16(2)40(15)3)23-7-22(31)25(17-8-37-29(38-9-17)42-13-18-4-5-19(14-42)45-18)26(32)27(23)39-28(44)20-10-36-24(43)6-21(20)30(33,34)35/h6-10,15-16,18-19H,4-5,11-14H2,1-3H3,(H,36,43)(H,39,44)/t15-,16+,18-,19?/m0/s1. The summed E-state index contributed by atoms with van der Waals surface area (Å²) in [4.78, 5) is 41.4. The van der Waals surface area contributed by atoms with E-state index in [9.17, 15) is 22.8 Å². The monoisotopic (exact) mass is 633 g/mol. The van der Waals surface area contributed by atoms with Crippen LogP contribution in [0.25, 0.3) is 11.1 Å². The molecule has 10 nitrogen and oxygen atoms in total. The zero-order valence-corrected chi connectivity index (χ0v) is 24.8. The van der Waals surface area contributed by atoms with Crippen molar-refractivity contribution in [2.75, 3.05) is 48.3 Å². The summed E-state index contributed by atoms with van der Waals surface area (Å²) < 4.78 is 79.4. The van der Waals surface area contributed by atoms with Crippen LogP contribution in [0.2, 0.25) is 0 Å². The van der Waals surface area contributed by atoms with E-state index >= 15 is 8.78 Å². The average Bonchev–Trinajstić information content (AvgIpc) is 3.33. The Morgan fingerprint density at radius 2 is 1.62 bits per heavy atom. The van der Waals surface area contributed by atoms with Crippen LogP contribution in [0.3, 0.4) is 0 Å². The molecule has 1 unspecified atom stereocenters. The predicted octanol–water partition coefficient (Wildman–Crippen LogP) is 4.28. The van der Waals surface area contributed by atoms with Crippen LogP contribution in [-0.2, 0) is 10.9 Å². The second kappa shape index (κ2) is 11.7. The molecule has 0 spiro atoms. The number of piperazine rings is 1. The number of nitrogens with zero attached hydrogens (tertiary/aromatic N) is 5. The minimum Gasteiger partial charge on any atom is -0.371 e. The van der Waals surface area contributed by atoms with Gasteiger partial charge in [-0.05, 0) is 33.7 Å². The van der Waals surface area contributed by atoms with Crippen LogP contribution >= 0.6 is 0 Å². The number of morpholine rings is 1. The summed E-state index contributed by atoms with van der Waals surface area (Å²) in [6, 6.07) is 1.22. The molecule has 6 rings (SSSR count). The summed E-state index contributed by atoms with van der Waals surface area (Å²) >= 11 is 0. The molecule has 3 fully saturated rings. The minimum absolute atomic E-state index is 0.0211. The first-order valence-electron chi connectivity index (χ1n) is 14.6. The Morgan fingerprint density at radius 3 is 2.22 bits per heavy atom. The molecule has 2 bridgehead atoms. The van der Waals surface area contributed by atoms with Gasteiger partial charge >= 0.3 is 6.18 Å². The van der Waals surface area contributed by atoms with Gasteiger partial charge in [0.05, 0.1) is 34.6 Å². The molecule has 1 amide bonds. The maximum atomic E-state index is 16.5. The number of ether oxygens (including phenoxy) is 1. The highest BCUT2D eigenvalue weighted by molar-refractivity contribution is 6.07. The molecule has 240 valence electrons. The van der Waals surface area contributed by atoms with Crippen LogP contribution in [0.1, 0.15) is 42.6 Å². The largest absolute Gasteiger partial charge is 0.417 e. The normalized spacial score (nSPS) is 23.8. The molecule has 3 aliphatic rings. The summed E-state index contributed by atoms with van der Waals surface area (Å²) in [6.45, 7) is 5.70. The Labute approximate surface area is 255 Å². The van der Waals surface area contributed by atoms with Crippen LogP contribution < -0.4 is 20.7 Å². The molecule has 3 aliphatic heterocycles. The molecule has 5 heterocycles. The van der Waals surface area contributed by atoms with Crippen molar-refractivity contribution in [3.05, 3.63) is 63.8 Å². The molecule has 2 aromatic heterocycles. The molecular formula is C30H32F5N7O3. The number of carbonyl (C=O) groups excluding carboxylic acids is 1. The lowest BCUT2D eigenvalue weighted by Gasteiger charge is -2.44. The van der Waals surface area contributed by atoms with Gasteiger partial charge in [-0.1, -0.05) is 0 Å². The molecule has 3 saturated heterocycles. The second-order valence-electron chi connectivity index (χ2n) is 11.9. The molecule has 4 atom stereocenters. The number of alkyl halides is 3. The number of rotatable bonds is 5. The zero-order chi connectivity index (χ0) is 32.2. The van der Waals surface area contributed by atoms with Crippen molar-refractivity contribution in [3.8, 4) is 11.1 Å². The number of amides is 1. The molecule has 2 N–H and O–H groups in total. The van der Waals surface area contributed by atoms with Crippen molar-refractivity contribution in [2.45, 2.75) is 57.2 Å². The summed E-state index contributed by atoms with van der Waals surface area (Å²) in [6.07, 6.45) is 0.133. The highest BCUT2D eigenvalue weighted by Gasteiger charge is 2.38. The number of anilines is 3. The van der Waals surface area contributed by atoms with E-state index in [0.29, 0.717) is 38.3 Å². The number of nitrogens with one attached hydrogen (secondary N) is 2. The number of H-pyrrole nitrogens is 1. The number of benzene rings is 1. The van der Waals surface area contributed by atoms with Crippen LogP contribution in [0.15, 0.2) is 35.5 Å². The Morgan fingerprint density at radius 1 is 1.00 bits per heavy atom. The van der Waals surface area contributed by atoms with Crippen LogP contribution in [0.4, 0.5) is 39.3 Å². The van der Waals surface area contributed by atoms with Gasteiger partial charge < -0.3 is 24.8 Å². The Balaban J connectivity index is 1.40. The third-order valence-electron chi connectivity index (χ3n) is 8.86. The Bertz CT molecular complexity index is 1640. The molecule has 1 aromatic carbocycles. The molecular weight excluding hydrogens is 601 g/mol. The second-order valence-corrected chi connectivity index (χ2v) is 11.9. The van der Waals surface area contributed by atoms with E-state index in [1.165, 1.54) is 12.4 Å². The van der Waals surface area contributed by atoms with Crippen LogP contribution in [0, 0.1) is 11.6 Å². The molecule has 0 aliphatic carbocycles. The Hall–Kier alpha value is -4.11. The fraction of sp³-hybridized carbons (Fsp3) is 0.467. The van der Waals surface area contributed by atoms with Crippen molar-refractivity contribution in [1.82, 2.24) is 19.9 Å². The molecule has 15 heteroatoms. The van der Waals surface area contributed by atoms with Gasteiger partial charge in [0.2, 0.25) is 11.5 Å². The number of hydrogen-bond acceptors (Lipinski definition) is 8. The van der Waals surface area contributed by atoms with Gasteiger partial charge in [-0.3, -0.25) is 14.5 Å². The predicted molar refractivity (Wildman–Crippen MR) is 156 cm³/mol. The average molecular weight is 634 g/mol. The number of pyridine rings is 1. The van der Waals surface area contributed by atoms with E-state index in [1.54, 1.807) is 4.90 Å². The van der Waals surface area contributed by atoms with Crippen molar-refractivity contribution in [3.63, 3.8) is 0 Å². The van der Waals surface area contributed by atoms with Gasteiger partial charge in [0.15, 0.2) is 5.82 Å². The fourth-order valence-corrected chi connectivity index (χ4v) is 6.31. The third-order valence-corrected chi connectivity index (χ3v) is 8.86. The van der Waals surface area contributed by atoms with Crippen LogP contribution in [-0.4, -0.2) is 83.3 Å². The summed E-state index contributed by atoms with van der Waals surface area (Å²) in [5.74, 6) is -3.11. The van der Waals surface area contributed by atoms with Gasteiger partial charge in [0.1, 0.15) is 11.5 Å². The van der Waals surface area contributed by atoms with Crippen molar-refractivity contribution < 1.29 is 31.5 Å². The first-order valence-corrected chi connectivity index (χ1v) is 14.6. The quantitative estimate of drug-likeness (QED) is 0.402. The van der Waals surface area contributed by atoms with E-state index in [0.717, 1.165) is 18.9 Å². The van der Waals surface area contributed by atoms with Crippen molar-refractivity contribution >= 4 is 23.2 Å². The maximum Gasteiger partial charge on any atom is 0.417 e. The van der Waals surface area contributed by atoms with Gasteiger partial charge in [-0.2, -0.15) is 13.2 Å². The Kier molecular flexibility index (Phi) is 8.01. The molecule has 0 saturated carbocycles. The third kappa shape index (κ3) is 5.98. The summed E-state index contributed by atoms with van der Waals surface area (Å²) in [5.41, 5.74) is -4.59. The SMILES string of the molecule is C[C@@H]1CN(c2cc(F)c(-c3cnc(N4CC5CC[C@@H](C4)O5)nc3)c(F)c2NC(=O)c2c[nH]c(=O)cc2C(F)(F)F)C[C@H](C)N1C. The fourth-order valence-electron chi connectivity index (χ4n) is 6.31. The van der Waals surface area contributed by atoms with E-state index in [4.69, 9.17) is 4.74 Å². The lowest BCUT2D eigenvalue weighted by Crippen LogP contribution is -2.55. The van der Waals surface area contributed by atoms with E-state index in [1.807, 2.05) is 25.8 Å². The van der Waals surface area contributed by atoms with Gasteiger partial charge in [-0.25, -0.2) is 18.7 Å². The van der Waals surface area contributed by atoms with E-state index < -0.39 is 51.7 Å². The van der Waals surface area contributed by atoms with E-state index in [2.05, 4.69) is 25.2 Å². The number of hydrogen-bond donors (Lipinski definition) is 2. The minimum atomic E-state index is -5.04. The maximum absolute atomic E-state index is 16.5. The number of carbonyl (C=O) groups is 1. The molecule has 3 aromatic rings. The van der Waals surface area contributed by atoms with Crippen LogP contribution in [0.5, 0.6) is 0 Å². The zero-order valence-electron chi connectivity index (χ0n) is 24.8. The van der Waals surface area contributed by atoms with Crippen molar-refractivity contribution in [2.24, 2.45) is 0 Å². The number of aromatic amines is 1. The van der Waals surface area contributed by atoms with Gasteiger partial charge in [-0.15, -0.1) is 0 Å². The number of halogens is 5. The topological polar surface area (TPSA) is 107 Å². The van der Waals surface area contributed by atoms with Gasteiger partial charge in [0, 0.05) is 74.5 Å². The highest BCUT2D eigenvalue weighted by Crippen LogP contribution is 2.40. The summed E-state index contributed by atoms with van der Waals surface area (Å²) in [5, 5.41) is 2.26. The first-order chi connectivity index (χ1) is 21.3. The smallest absolute Gasteiger partial charge is 0.371 e. The number of likely N-dealkylation sites (N-methyl/N-ethyl adjacent to an activating group) is 1. The lowest BCUT2D eigenvalue weighted by atomic mass is 10.0. The van der Waals surface area contributed by atoms with E-state index in [-0.39, 0.29) is 41.6 Å².